The topological polar surface area (TPSA) is 134 Å². The molecule has 3 aliphatic rings. The average Bonchev–Trinajstić information content (AvgIpc) is 2.97. The zero-order valence-corrected chi connectivity index (χ0v) is 16.2. The second-order valence-corrected chi connectivity index (χ2v) is 7.54. The molecule has 0 saturated carbocycles. The molecule has 0 bridgehead atoms. The van der Waals surface area contributed by atoms with Gasteiger partial charge in [-0.2, -0.15) is 0 Å². The highest BCUT2D eigenvalue weighted by Gasteiger charge is 2.44. The van der Waals surface area contributed by atoms with E-state index in [0.29, 0.717) is 0 Å². The first-order valence-electron chi connectivity index (χ1n) is 9.92. The Morgan fingerprint density at radius 3 is 2.53 bits per heavy atom. The van der Waals surface area contributed by atoms with Crippen LogP contribution < -0.4 is 20.7 Å². The van der Waals surface area contributed by atoms with Gasteiger partial charge in [0.25, 0.3) is 17.7 Å². The molecule has 2 saturated heterocycles. The fourth-order valence-electron chi connectivity index (χ4n) is 3.92. The summed E-state index contributed by atoms with van der Waals surface area (Å²) in [5.41, 5.74) is 0.275. The molecule has 30 heavy (non-hydrogen) atoms. The molecule has 10 heteroatoms. The summed E-state index contributed by atoms with van der Waals surface area (Å²) in [5.74, 6) is -2.26. The van der Waals surface area contributed by atoms with Gasteiger partial charge in [-0.15, -0.1) is 0 Å². The molecular weight excluding hydrogens is 392 g/mol. The number of nitrogens with zero attached hydrogens (tertiary/aromatic N) is 1. The van der Waals surface area contributed by atoms with E-state index >= 15 is 0 Å². The van der Waals surface area contributed by atoms with Crippen molar-refractivity contribution in [3.63, 3.8) is 0 Å². The molecule has 4 rings (SSSR count). The maximum atomic E-state index is 12.8. The largest absolute Gasteiger partial charge is 0.484 e. The number of piperidine rings is 2. The van der Waals surface area contributed by atoms with Gasteiger partial charge in [-0.25, -0.2) is 0 Å². The van der Waals surface area contributed by atoms with Crippen molar-refractivity contribution in [2.45, 2.75) is 37.8 Å². The molecule has 3 N–H and O–H groups in total. The lowest BCUT2D eigenvalue weighted by Gasteiger charge is -2.27. The number of amides is 5. The third-order valence-corrected chi connectivity index (χ3v) is 5.49. The second kappa shape index (κ2) is 8.23. The fourth-order valence-corrected chi connectivity index (χ4v) is 3.92. The van der Waals surface area contributed by atoms with Gasteiger partial charge in [0.1, 0.15) is 11.8 Å². The monoisotopic (exact) mass is 414 g/mol. The molecule has 3 heterocycles. The minimum absolute atomic E-state index is 0.0599. The highest BCUT2D eigenvalue weighted by Crippen LogP contribution is 2.30. The van der Waals surface area contributed by atoms with E-state index in [1.165, 1.54) is 18.2 Å². The van der Waals surface area contributed by atoms with Gasteiger partial charge < -0.3 is 15.4 Å². The van der Waals surface area contributed by atoms with E-state index in [1.54, 1.807) is 0 Å². The molecule has 3 aliphatic heterocycles. The molecule has 0 spiro atoms. The van der Waals surface area contributed by atoms with E-state index in [2.05, 4.69) is 16.0 Å². The van der Waals surface area contributed by atoms with Crippen LogP contribution in [0.1, 0.15) is 46.4 Å². The standard InChI is InChI=1S/C20H22N4O6/c25-16-4-3-15(18(27)23-16)24-19(28)13-2-1-12(9-14(13)20(24)29)30-10-17(26)22-11-5-7-21-8-6-11/h1-2,9,11,15,21H,3-8,10H2,(H,22,26)(H,23,25,27). The van der Waals surface area contributed by atoms with Crippen LogP contribution in [-0.2, 0) is 14.4 Å². The van der Waals surface area contributed by atoms with E-state index < -0.39 is 29.7 Å². The molecule has 2 fully saturated rings. The van der Waals surface area contributed by atoms with E-state index in [4.69, 9.17) is 4.74 Å². The number of imide groups is 2. The lowest BCUT2D eigenvalue weighted by Crippen LogP contribution is -2.54. The number of rotatable bonds is 5. The van der Waals surface area contributed by atoms with Crippen molar-refractivity contribution in [1.29, 1.82) is 0 Å². The van der Waals surface area contributed by atoms with Crippen LogP contribution in [-0.4, -0.2) is 66.2 Å². The minimum Gasteiger partial charge on any atom is -0.484 e. The molecule has 158 valence electrons. The predicted octanol–water partition coefficient (Wildman–Crippen LogP) is -0.665. The van der Waals surface area contributed by atoms with Gasteiger partial charge in [0, 0.05) is 12.5 Å². The molecule has 1 aromatic carbocycles. The zero-order chi connectivity index (χ0) is 21.3. The molecule has 0 radical (unpaired) electrons. The predicted molar refractivity (Wildman–Crippen MR) is 103 cm³/mol. The Labute approximate surface area is 172 Å². The Morgan fingerprint density at radius 1 is 1.07 bits per heavy atom. The summed E-state index contributed by atoms with van der Waals surface area (Å²) in [4.78, 5) is 61.9. The molecule has 1 aromatic rings. The van der Waals surface area contributed by atoms with Crippen LogP contribution in [0.25, 0.3) is 0 Å². The Kier molecular flexibility index (Phi) is 5.49. The SMILES string of the molecule is O=C1CCC(N2C(=O)c3ccc(OCC(=O)NC4CCNCC4)cc3C2=O)C(=O)N1. The summed E-state index contributed by atoms with van der Waals surface area (Å²) in [6.07, 6.45) is 1.87. The van der Waals surface area contributed by atoms with Crippen LogP contribution >= 0.6 is 0 Å². The van der Waals surface area contributed by atoms with Crippen LogP contribution in [0.15, 0.2) is 18.2 Å². The van der Waals surface area contributed by atoms with Crippen molar-refractivity contribution < 1.29 is 28.7 Å². The number of hydrogen-bond donors (Lipinski definition) is 3. The molecule has 5 amide bonds. The number of fused-ring (bicyclic) bond motifs is 1. The first kappa shape index (κ1) is 20.0. The number of hydrogen-bond acceptors (Lipinski definition) is 7. The van der Waals surface area contributed by atoms with Crippen molar-refractivity contribution in [2.24, 2.45) is 0 Å². The lowest BCUT2D eigenvalue weighted by atomic mass is 10.0. The molecule has 1 atom stereocenters. The maximum Gasteiger partial charge on any atom is 0.262 e. The smallest absolute Gasteiger partial charge is 0.262 e. The normalized spacial score (nSPS) is 22.0. The summed E-state index contributed by atoms with van der Waals surface area (Å²) in [6, 6.07) is 3.45. The zero-order valence-electron chi connectivity index (χ0n) is 16.2. The van der Waals surface area contributed by atoms with E-state index in [1.807, 2.05) is 0 Å². The number of benzene rings is 1. The molecule has 0 aromatic heterocycles. The fraction of sp³-hybridized carbons (Fsp3) is 0.450. The van der Waals surface area contributed by atoms with Crippen LogP contribution in [0.3, 0.4) is 0 Å². The first-order chi connectivity index (χ1) is 14.4. The highest BCUT2D eigenvalue weighted by molar-refractivity contribution is 6.23. The van der Waals surface area contributed by atoms with Crippen molar-refractivity contribution in [1.82, 2.24) is 20.9 Å². The van der Waals surface area contributed by atoms with Crippen LogP contribution in [0.4, 0.5) is 0 Å². The molecule has 0 aliphatic carbocycles. The van der Waals surface area contributed by atoms with Gasteiger partial charge in [0.05, 0.1) is 11.1 Å². The quantitative estimate of drug-likeness (QED) is 0.544. The highest BCUT2D eigenvalue weighted by atomic mass is 16.5. The number of nitrogens with one attached hydrogen (secondary N) is 3. The van der Waals surface area contributed by atoms with Gasteiger partial charge in [0.2, 0.25) is 11.8 Å². The van der Waals surface area contributed by atoms with E-state index in [9.17, 15) is 24.0 Å². The lowest BCUT2D eigenvalue weighted by molar-refractivity contribution is -0.136. The summed E-state index contributed by atoms with van der Waals surface area (Å²) < 4.78 is 5.50. The third kappa shape index (κ3) is 3.90. The van der Waals surface area contributed by atoms with Gasteiger partial charge in [-0.3, -0.25) is 34.2 Å². The summed E-state index contributed by atoms with van der Waals surface area (Å²) in [7, 11) is 0. The van der Waals surface area contributed by atoms with Gasteiger partial charge in [0.15, 0.2) is 6.61 Å². The Morgan fingerprint density at radius 2 is 1.80 bits per heavy atom. The number of carbonyl (C=O) groups excluding carboxylic acids is 5. The van der Waals surface area contributed by atoms with Gasteiger partial charge >= 0.3 is 0 Å². The Bertz CT molecular complexity index is 924. The average molecular weight is 414 g/mol. The van der Waals surface area contributed by atoms with E-state index in [-0.39, 0.29) is 48.3 Å². The minimum atomic E-state index is -1.02. The van der Waals surface area contributed by atoms with Crippen LogP contribution in [0.2, 0.25) is 0 Å². The Hall–Kier alpha value is -3.27. The Balaban J connectivity index is 1.41. The number of ether oxygens (including phenoxy) is 1. The van der Waals surface area contributed by atoms with Crippen LogP contribution in [0, 0.1) is 0 Å². The summed E-state index contributed by atoms with van der Waals surface area (Å²) >= 11 is 0. The molecule has 10 nitrogen and oxygen atoms in total. The van der Waals surface area contributed by atoms with Crippen molar-refractivity contribution in [3.8, 4) is 5.75 Å². The third-order valence-electron chi connectivity index (χ3n) is 5.49. The van der Waals surface area contributed by atoms with Crippen LogP contribution in [0.5, 0.6) is 5.75 Å². The molecule has 1 unspecified atom stereocenters. The number of carbonyl (C=O) groups is 5. The first-order valence-corrected chi connectivity index (χ1v) is 9.92. The molecular formula is C20H22N4O6. The van der Waals surface area contributed by atoms with E-state index in [0.717, 1.165) is 30.8 Å². The van der Waals surface area contributed by atoms with Gasteiger partial charge in [-0.05, 0) is 50.6 Å². The van der Waals surface area contributed by atoms with Gasteiger partial charge in [-0.1, -0.05) is 0 Å². The second-order valence-electron chi connectivity index (χ2n) is 7.54. The van der Waals surface area contributed by atoms with Crippen molar-refractivity contribution in [3.05, 3.63) is 29.3 Å². The van der Waals surface area contributed by atoms with Crippen molar-refractivity contribution in [2.75, 3.05) is 19.7 Å². The maximum absolute atomic E-state index is 12.8. The van der Waals surface area contributed by atoms with Crippen molar-refractivity contribution >= 4 is 29.5 Å². The summed E-state index contributed by atoms with van der Waals surface area (Å²) in [6.45, 7) is 1.51. The summed E-state index contributed by atoms with van der Waals surface area (Å²) in [5, 5.41) is 8.29.